The summed E-state index contributed by atoms with van der Waals surface area (Å²) in [5, 5.41) is 13.1. The first-order chi connectivity index (χ1) is 12.7. The van der Waals surface area contributed by atoms with Crippen LogP contribution in [0.1, 0.15) is 17.5 Å². The first kappa shape index (κ1) is 18.1. The zero-order chi connectivity index (χ0) is 18.4. The fourth-order valence-electron chi connectivity index (χ4n) is 3.73. The van der Waals surface area contributed by atoms with Crippen molar-refractivity contribution in [3.8, 4) is 0 Å². The lowest BCUT2D eigenvalue weighted by molar-refractivity contribution is -0.150. The van der Waals surface area contributed by atoms with Crippen LogP contribution in [0.2, 0.25) is 0 Å². The van der Waals surface area contributed by atoms with Crippen molar-refractivity contribution in [2.45, 2.75) is 19.4 Å². The summed E-state index contributed by atoms with van der Waals surface area (Å²) in [4.78, 5) is 15.0. The van der Waals surface area contributed by atoms with Gasteiger partial charge >= 0.3 is 5.97 Å². The van der Waals surface area contributed by atoms with Crippen molar-refractivity contribution in [1.82, 2.24) is 4.90 Å². The monoisotopic (exact) mass is 352 g/mol. The van der Waals surface area contributed by atoms with Gasteiger partial charge in [-0.05, 0) is 17.5 Å². The van der Waals surface area contributed by atoms with E-state index in [1.807, 2.05) is 48.5 Å². The fourth-order valence-corrected chi connectivity index (χ4v) is 3.73. The SMILES string of the molecule is COC(=O)C1(Cc2ccccc2)CN(Cc2ccccc2)CC/C1=N/O. The van der Waals surface area contributed by atoms with Crippen molar-refractivity contribution in [3.05, 3.63) is 71.8 Å². The second-order valence-electron chi connectivity index (χ2n) is 6.73. The van der Waals surface area contributed by atoms with Crippen molar-refractivity contribution < 1.29 is 14.7 Å². The van der Waals surface area contributed by atoms with Crippen LogP contribution in [-0.2, 0) is 22.5 Å². The van der Waals surface area contributed by atoms with Crippen LogP contribution in [0, 0.1) is 5.41 Å². The van der Waals surface area contributed by atoms with Crippen LogP contribution >= 0.6 is 0 Å². The number of carbonyl (C=O) groups excluding carboxylic acids is 1. The van der Waals surface area contributed by atoms with Gasteiger partial charge in [-0.1, -0.05) is 65.8 Å². The molecule has 136 valence electrons. The van der Waals surface area contributed by atoms with Crippen molar-refractivity contribution in [3.63, 3.8) is 0 Å². The molecule has 2 aromatic rings. The molecule has 5 nitrogen and oxygen atoms in total. The van der Waals surface area contributed by atoms with E-state index in [1.54, 1.807) is 0 Å². The lowest BCUT2D eigenvalue weighted by Crippen LogP contribution is -2.55. The molecule has 1 N–H and O–H groups in total. The van der Waals surface area contributed by atoms with E-state index in [2.05, 4.69) is 22.2 Å². The lowest BCUT2D eigenvalue weighted by Gasteiger charge is -2.41. The van der Waals surface area contributed by atoms with Crippen LogP contribution in [0.3, 0.4) is 0 Å². The molecule has 5 heteroatoms. The summed E-state index contributed by atoms with van der Waals surface area (Å²) in [5.74, 6) is -0.355. The number of carbonyl (C=O) groups is 1. The van der Waals surface area contributed by atoms with Crippen LogP contribution in [0.4, 0.5) is 0 Å². The predicted molar refractivity (Wildman–Crippen MR) is 100 cm³/mol. The Morgan fingerprint density at radius 2 is 1.73 bits per heavy atom. The molecule has 0 spiro atoms. The number of piperidine rings is 1. The van der Waals surface area contributed by atoms with E-state index in [0.717, 1.165) is 18.7 Å². The van der Waals surface area contributed by atoms with E-state index in [-0.39, 0.29) is 5.97 Å². The van der Waals surface area contributed by atoms with E-state index in [1.165, 1.54) is 12.7 Å². The molecule has 26 heavy (non-hydrogen) atoms. The normalized spacial score (nSPS) is 22.3. The number of hydrogen-bond donors (Lipinski definition) is 1. The van der Waals surface area contributed by atoms with Gasteiger partial charge in [-0.3, -0.25) is 9.69 Å². The summed E-state index contributed by atoms with van der Waals surface area (Å²) in [6, 6.07) is 20.0. The number of likely N-dealkylation sites (tertiary alicyclic amines) is 1. The second kappa shape index (κ2) is 8.15. The van der Waals surface area contributed by atoms with Crippen LogP contribution < -0.4 is 0 Å². The fraction of sp³-hybridized carbons (Fsp3) is 0.333. The molecule has 1 fully saturated rings. The number of ether oxygens (including phenoxy) is 1. The molecule has 0 amide bonds. The zero-order valence-electron chi connectivity index (χ0n) is 15.0. The number of hydrogen-bond acceptors (Lipinski definition) is 5. The van der Waals surface area contributed by atoms with E-state index in [9.17, 15) is 10.0 Å². The Kier molecular flexibility index (Phi) is 5.68. The van der Waals surface area contributed by atoms with Gasteiger partial charge in [0.15, 0.2) is 0 Å². The van der Waals surface area contributed by atoms with Crippen molar-refractivity contribution in [1.29, 1.82) is 0 Å². The van der Waals surface area contributed by atoms with Crippen LogP contribution in [-0.4, -0.2) is 42.0 Å². The van der Waals surface area contributed by atoms with E-state index in [4.69, 9.17) is 4.74 Å². The van der Waals surface area contributed by atoms with E-state index in [0.29, 0.717) is 25.1 Å². The highest BCUT2D eigenvalue weighted by Crippen LogP contribution is 2.34. The Labute approximate surface area is 153 Å². The number of esters is 1. The quantitative estimate of drug-likeness (QED) is 0.510. The summed E-state index contributed by atoms with van der Waals surface area (Å²) in [7, 11) is 1.39. The molecule has 0 saturated carbocycles. The van der Waals surface area contributed by atoms with Gasteiger partial charge in [0.05, 0.1) is 12.8 Å². The third-order valence-electron chi connectivity index (χ3n) is 5.01. The molecular formula is C21H24N2O3. The van der Waals surface area contributed by atoms with Crippen LogP contribution in [0.25, 0.3) is 0 Å². The highest BCUT2D eigenvalue weighted by molar-refractivity contribution is 6.07. The minimum Gasteiger partial charge on any atom is -0.468 e. The maximum absolute atomic E-state index is 12.8. The predicted octanol–water partition coefficient (Wildman–Crippen LogP) is 3.12. The van der Waals surface area contributed by atoms with Gasteiger partial charge in [-0.15, -0.1) is 0 Å². The van der Waals surface area contributed by atoms with Crippen LogP contribution in [0.5, 0.6) is 0 Å². The first-order valence-corrected chi connectivity index (χ1v) is 8.78. The standard InChI is InChI=1S/C21H24N2O3/c1-26-20(24)21(14-17-8-4-2-5-9-17)16-23(13-12-19(21)22-25)15-18-10-6-3-7-11-18/h2-11,25H,12-16H2,1H3/b22-19-. The maximum atomic E-state index is 12.8. The molecule has 0 radical (unpaired) electrons. The zero-order valence-corrected chi connectivity index (χ0v) is 15.0. The summed E-state index contributed by atoms with van der Waals surface area (Å²) in [5.41, 5.74) is 1.73. The number of rotatable bonds is 5. The van der Waals surface area contributed by atoms with E-state index >= 15 is 0 Å². The summed E-state index contributed by atoms with van der Waals surface area (Å²) in [6.07, 6.45) is 0.983. The summed E-state index contributed by atoms with van der Waals surface area (Å²) >= 11 is 0. The molecule has 1 heterocycles. The number of oxime groups is 1. The molecule has 1 atom stereocenters. The molecule has 0 aromatic heterocycles. The Morgan fingerprint density at radius 1 is 1.12 bits per heavy atom. The maximum Gasteiger partial charge on any atom is 0.319 e. The molecule has 0 aliphatic carbocycles. The Bertz CT molecular complexity index is 761. The van der Waals surface area contributed by atoms with Crippen molar-refractivity contribution >= 4 is 11.7 Å². The van der Waals surface area contributed by atoms with Crippen LogP contribution in [0.15, 0.2) is 65.8 Å². The van der Waals surface area contributed by atoms with Gasteiger partial charge in [-0.25, -0.2) is 0 Å². The van der Waals surface area contributed by atoms with Gasteiger partial charge in [-0.2, -0.15) is 0 Å². The van der Waals surface area contributed by atoms with Gasteiger partial charge < -0.3 is 9.94 Å². The second-order valence-corrected chi connectivity index (χ2v) is 6.73. The van der Waals surface area contributed by atoms with E-state index < -0.39 is 5.41 Å². The minimum atomic E-state index is -0.974. The van der Waals surface area contributed by atoms with Gasteiger partial charge in [0.25, 0.3) is 0 Å². The molecule has 2 aromatic carbocycles. The highest BCUT2D eigenvalue weighted by Gasteiger charge is 2.48. The molecule has 3 rings (SSSR count). The smallest absolute Gasteiger partial charge is 0.319 e. The molecule has 1 unspecified atom stereocenters. The van der Waals surface area contributed by atoms with Gasteiger partial charge in [0.2, 0.25) is 0 Å². The minimum absolute atomic E-state index is 0.355. The number of benzene rings is 2. The average molecular weight is 352 g/mol. The largest absolute Gasteiger partial charge is 0.468 e. The number of nitrogens with zero attached hydrogens (tertiary/aromatic N) is 2. The Balaban J connectivity index is 1.91. The topological polar surface area (TPSA) is 62.1 Å². The first-order valence-electron chi connectivity index (χ1n) is 8.78. The Hall–Kier alpha value is -2.66. The number of methoxy groups -OCH3 is 1. The molecular weight excluding hydrogens is 328 g/mol. The average Bonchev–Trinajstić information content (AvgIpc) is 2.69. The van der Waals surface area contributed by atoms with Gasteiger partial charge in [0, 0.05) is 26.1 Å². The summed E-state index contributed by atoms with van der Waals surface area (Å²) < 4.78 is 5.14. The lowest BCUT2D eigenvalue weighted by atomic mass is 9.73. The third-order valence-corrected chi connectivity index (χ3v) is 5.01. The van der Waals surface area contributed by atoms with Crippen molar-refractivity contribution in [2.75, 3.05) is 20.2 Å². The summed E-state index contributed by atoms with van der Waals surface area (Å²) in [6.45, 7) is 1.94. The molecule has 1 aliphatic heterocycles. The third kappa shape index (κ3) is 3.78. The highest BCUT2D eigenvalue weighted by atomic mass is 16.5. The molecule has 0 bridgehead atoms. The van der Waals surface area contributed by atoms with Crippen molar-refractivity contribution in [2.24, 2.45) is 10.6 Å². The Morgan fingerprint density at radius 3 is 2.31 bits per heavy atom. The molecule has 1 aliphatic rings. The molecule has 1 saturated heterocycles. The van der Waals surface area contributed by atoms with Gasteiger partial charge in [0.1, 0.15) is 5.41 Å².